The largest absolute Gasteiger partial charge is 0.481 e. The van der Waals surface area contributed by atoms with Crippen molar-refractivity contribution in [1.82, 2.24) is 4.72 Å². The number of aliphatic carboxylic acids is 1. The van der Waals surface area contributed by atoms with Gasteiger partial charge in [0.1, 0.15) is 0 Å². The summed E-state index contributed by atoms with van der Waals surface area (Å²) in [5, 5.41) is 8.71. The van der Waals surface area contributed by atoms with E-state index in [1.54, 1.807) is 6.92 Å². The van der Waals surface area contributed by atoms with Crippen LogP contribution < -0.4 is 4.72 Å². The molecule has 0 aromatic heterocycles. The SMILES string of the molecule is CCCS(=O)(=O)NC1(CC(=O)O)CCC1. The van der Waals surface area contributed by atoms with Crippen LogP contribution in [0.4, 0.5) is 0 Å². The zero-order valence-corrected chi connectivity index (χ0v) is 9.64. The van der Waals surface area contributed by atoms with Gasteiger partial charge in [-0.25, -0.2) is 13.1 Å². The van der Waals surface area contributed by atoms with Gasteiger partial charge in [0.15, 0.2) is 0 Å². The first kappa shape index (κ1) is 12.4. The second kappa shape index (κ2) is 4.49. The minimum atomic E-state index is -3.31. The Hall–Kier alpha value is -0.620. The molecular formula is C9H17NO4S. The van der Waals surface area contributed by atoms with Gasteiger partial charge in [-0.15, -0.1) is 0 Å². The van der Waals surface area contributed by atoms with E-state index in [1.165, 1.54) is 0 Å². The minimum Gasteiger partial charge on any atom is -0.481 e. The summed E-state index contributed by atoms with van der Waals surface area (Å²) in [5.41, 5.74) is -0.708. The van der Waals surface area contributed by atoms with Crippen LogP contribution >= 0.6 is 0 Å². The quantitative estimate of drug-likeness (QED) is 0.710. The average molecular weight is 235 g/mol. The summed E-state index contributed by atoms with van der Waals surface area (Å²) in [6, 6.07) is 0. The molecule has 6 heteroatoms. The Balaban J connectivity index is 2.64. The fourth-order valence-electron chi connectivity index (χ4n) is 1.86. The third kappa shape index (κ3) is 3.46. The third-order valence-electron chi connectivity index (χ3n) is 2.65. The summed E-state index contributed by atoms with van der Waals surface area (Å²) in [6.45, 7) is 1.78. The maximum Gasteiger partial charge on any atom is 0.305 e. The highest BCUT2D eigenvalue weighted by atomic mass is 32.2. The van der Waals surface area contributed by atoms with Gasteiger partial charge in [0.2, 0.25) is 10.0 Å². The first-order valence-corrected chi connectivity index (χ1v) is 6.78. The molecule has 0 spiro atoms. The van der Waals surface area contributed by atoms with E-state index in [9.17, 15) is 13.2 Å². The van der Waals surface area contributed by atoms with Crippen molar-refractivity contribution in [2.45, 2.75) is 44.6 Å². The predicted octanol–water partition coefficient (Wildman–Crippen LogP) is 0.713. The van der Waals surface area contributed by atoms with Crippen LogP contribution in [0.3, 0.4) is 0 Å². The second-order valence-corrected chi connectivity index (χ2v) is 5.97. The van der Waals surface area contributed by atoms with Crippen LogP contribution in [0.25, 0.3) is 0 Å². The predicted molar refractivity (Wildman–Crippen MR) is 56.0 cm³/mol. The van der Waals surface area contributed by atoms with Crippen LogP contribution in [0.2, 0.25) is 0 Å². The van der Waals surface area contributed by atoms with Crippen molar-refractivity contribution in [2.75, 3.05) is 5.75 Å². The van der Waals surface area contributed by atoms with Gasteiger partial charge in [-0.2, -0.15) is 0 Å². The second-order valence-electron chi connectivity index (χ2n) is 4.13. The maximum absolute atomic E-state index is 11.5. The molecule has 0 saturated heterocycles. The molecule has 0 amide bonds. The molecule has 15 heavy (non-hydrogen) atoms. The van der Waals surface area contributed by atoms with Gasteiger partial charge in [0, 0.05) is 5.54 Å². The van der Waals surface area contributed by atoms with Crippen LogP contribution in [0.15, 0.2) is 0 Å². The topological polar surface area (TPSA) is 83.5 Å². The van der Waals surface area contributed by atoms with Crippen molar-refractivity contribution in [1.29, 1.82) is 0 Å². The van der Waals surface area contributed by atoms with Gasteiger partial charge in [-0.1, -0.05) is 6.92 Å². The molecule has 0 aromatic rings. The number of carboxylic acids is 1. The van der Waals surface area contributed by atoms with Gasteiger partial charge >= 0.3 is 5.97 Å². The molecule has 1 aliphatic carbocycles. The first-order valence-electron chi connectivity index (χ1n) is 5.13. The Labute approximate surface area is 89.9 Å². The highest BCUT2D eigenvalue weighted by Gasteiger charge is 2.41. The monoisotopic (exact) mass is 235 g/mol. The molecule has 0 aliphatic heterocycles. The molecule has 1 saturated carbocycles. The molecule has 0 heterocycles. The molecule has 1 fully saturated rings. The van der Waals surface area contributed by atoms with Crippen molar-refractivity contribution >= 4 is 16.0 Å². The fraction of sp³-hybridized carbons (Fsp3) is 0.889. The van der Waals surface area contributed by atoms with E-state index in [-0.39, 0.29) is 12.2 Å². The van der Waals surface area contributed by atoms with E-state index >= 15 is 0 Å². The standard InChI is InChI=1S/C9H17NO4S/c1-2-6-15(13,14)10-9(4-3-5-9)7-8(11)12/h10H,2-7H2,1H3,(H,11,12). The summed E-state index contributed by atoms with van der Waals surface area (Å²) in [6.07, 6.45) is 2.57. The number of carbonyl (C=O) groups is 1. The van der Waals surface area contributed by atoms with Crippen molar-refractivity contribution in [3.63, 3.8) is 0 Å². The molecule has 0 atom stereocenters. The normalized spacial score (nSPS) is 19.5. The Morgan fingerprint density at radius 2 is 2.07 bits per heavy atom. The van der Waals surface area contributed by atoms with E-state index in [2.05, 4.69) is 4.72 Å². The van der Waals surface area contributed by atoms with Crippen molar-refractivity contribution in [3.05, 3.63) is 0 Å². The number of carboxylic acid groups (broad SMARTS) is 1. The van der Waals surface area contributed by atoms with Crippen LogP contribution in [0.1, 0.15) is 39.0 Å². The molecule has 0 bridgehead atoms. The number of nitrogens with one attached hydrogen (secondary N) is 1. The van der Waals surface area contributed by atoms with Gasteiger partial charge in [0.05, 0.1) is 12.2 Å². The van der Waals surface area contributed by atoms with Gasteiger partial charge in [0.25, 0.3) is 0 Å². The number of hydrogen-bond donors (Lipinski definition) is 2. The highest BCUT2D eigenvalue weighted by molar-refractivity contribution is 7.89. The Bertz CT molecular complexity index is 332. The lowest BCUT2D eigenvalue weighted by molar-refractivity contribution is -0.139. The molecular weight excluding hydrogens is 218 g/mol. The molecule has 88 valence electrons. The first-order chi connectivity index (χ1) is 6.89. The van der Waals surface area contributed by atoms with E-state index < -0.39 is 21.5 Å². The summed E-state index contributed by atoms with van der Waals surface area (Å²) >= 11 is 0. The van der Waals surface area contributed by atoms with Gasteiger partial charge in [-0.05, 0) is 25.7 Å². The maximum atomic E-state index is 11.5. The van der Waals surface area contributed by atoms with Crippen molar-refractivity contribution in [2.24, 2.45) is 0 Å². The Kier molecular flexibility index (Phi) is 3.72. The summed E-state index contributed by atoms with van der Waals surface area (Å²) in [5.74, 6) is -0.886. The van der Waals surface area contributed by atoms with Crippen LogP contribution in [-0.2, 0) is 14.8 Å². The van der Waals surface area contributed by atoms with E-state index in [1.807, 2.05) is 0 Å². The van der Waals surface area contributed by atoms with E-state index in [0.717, 1.165) is 6.42 Å². The number of sulfonamides is 1. The molecule has 0 aromatic carbocycles. The molecule has 0 unspecified atom stereocenters. The number of rotatable bonds is 6. The zero-order valence-electron chi connectivity index (χ0n) is 8.82. The van der Waals surface area contributed by atoms with Crippen molar-refractivity contribution < 1.29 is 18.3 Å². The lowest BCUT2D eigenvalue weighted by atomic mass is 9.75. The average Bonchev–Trinajstić information content (AvgIpc) is 1.98. The Morgan fingerprint density at radius 1 is 1.47 bits per heavy atom. The van der Waals surface area contributed by atoms with Gasteiger partial charge < -0.3 is 5.11 Å². The molecule has 0 radical (unpaired) electrons. The third-order valence-corrected chi connectivity index (χ3v) is 4.33. The molecule has 2 N–H and O–H groups in total. The molecule has 1 rings (SSSR count). The fourth-order valence-corrected chi connectivity index (χ4v) is 3.43. The van der Waals surface area contributed by atoms with Crippen LogP contribution in [-0.4, -0.2) is 30.8 Å². The van der Waals surface area contributed by atoms with Crippen LogP contribution in [0, 0.1) is 0 Å². The lowest BCUT2D eigenvalue weighted by Gasteiger charge is -2.40. The zero-order chi connectivity index (χ0) is 11.5. The summed E-state index contributed by atoms with van der Waals surface area (Å²) in [4.78, 5) is 10.6. The molecule has 5 nitrogen and oxygen atoms in total. The Morgan fingerprint density at radius 3 is 2.40 bits per heavy atom. The summed E-state index contributed by atoms with van der Waals surface area (Å²) in [7, 11) is -3.31. The van der Waals surface area contributed by atoms with Gasteiger partial charge in [-0.3, -0.25) is 4.79 Å². The van der Waals surface area contributed by atoms with E-state index in [4.69, 9.17) is 5.11 Å². The van der Waals surface area contributed by atoms with Crippen molar-refractivity contribution in [3.8, 4) is 0 Å². The molecule has 1 aliphatic rings. The summed E-state index contributed by atoms with van der Waals surface area (Å²) < 4.78 is 25.6. The number of hydrogen-bond acceptors (Lipinski definition) is 3. The lowest BCUT2D eigenvalue weighted by Crippen LogP contribution is -2.55. The van der Waals surface area contributed by atoms with Crippen LogP contribution in [0.5, 0.6) is 0 Å². The highest BCUT2D eigenvalue weighted by Crippen LogP contribution is 2.35. The van der Waals surface area contributed by atoms with E-state index in [0.29, 0.717) is 19.3 Å². The minimum absolute atomic E-state index is 0.0639. The smallest absolute Gasteiger partial charge is 0.305 e.